The van der Waals surface area contributed by atoms with Crippen molar-refractivity contribution in [1.29, 1.82) is 0 Å². The molecule has 1 aromatic carbocycles. The number of rotatable bonds is 7. The normalized spacial score (nSPS) is 19.9. The Morgan fingerprint density at radius 1 is 1.17 bits per heavy atom. The molecule has 100 valence electrons. The maximum Gasteiger partial charge on any atom is 0.0469 e. The van der Waals surface area contributed by atoms with Gasteiger partial charge in [0.2, 0.25) is 0 Å². The molecule has 0 unspecified atom stereocenters. The molecule has 2 rings (SSSR count). The highest BCUT2D eigenvalue weighted by molar-refractivity contribution is 5.14. The van der Waals surface area contributed by atoms with Crippen LogP contribution in [0.25, 0.3) is 0 Å². The molecule has 0 aliphatic carbocycles. The molecule has 0 saturated carbocycles. The Morgan fingerprint density at radius 3 is 2.83 bits per heavy atom. The molecule has 1 aromatic rings. The summed E-state index contributed by atoms with van der Waals surface area (Å²) in [7, 11) is 0. The average molecular weight is 247 g/mol. The third kappa shape index (κ3) is 5.19. The monoisotopic (exact) mass is 247 g/mol. The molecule has 1 aliphatic rings. The van der Waals surface area contributed by atoms with E-state index < -0.39 is 0 Å². The van der Waals surface area contributed by atoms with Crippen LogP contribution in [-0.4, -0.2) is 26.3 Å². The third-order valence-corrected chi connectivity index (χ3v) is 3.67. The van der Waals surface area contributed by atoms with E-state index in [1.54, 1.807) is 0 Å². The quantitative estimate of drug-likeness (QED) is 0.748. The van der Waals surface area contributed by atoms with Gasteiger partial charge in [-0.25, -0.2) is 0 Å². The van der Waals surface area contributed by atoms with Crippen molar-refractivity contribution >= 4 is 0 Å². The topological polar surface area (TPSA) is 21.3 Å². The fraction of sp³-hybridized carbons (Fsp3) is 0.625. The van der Waals surface area contributed by atoms with Crippen LogP contribution >= 0.6 is 0 Å². The van der Waals surface area contributed by atoms with Crippen molar-refractivity contribution in [3.63, 3.8) is 0 Å². The van der Waals surface area contributed by atoms with Crippen molar-refractivity contribution in [2.75, 3.05) is 26.3 Å². The molecule has 0 spiro atoms. The Kier molecular flexibility index (Phi) is 6.24. The van der Waals surface area contributed by atoms with Gasteiger partial charge in [-0.1, -0.05) is 30.3 Å². The van der Waals surface area contributed by atoms with Crippen LogP contribution in [0.3, 0.4) is 0 Å². The molecule has 0 amide bonds. The highest BCUT2D eigenvalue weighted by atomic mass is 16.5. The Hall–Kier alpha value is -0.860. The molecule has 0 aromatic heterocycles. The molecule has 2 nitrogen and oxygen atoms in total. The first-order valence-electron chi connectivity index (χ1n) is 7.27. The zero-order valence-electron chi connectivity index (χ0n) is 11.2. The predicted molar refractivity (Wildman–Crippen MR) is 75.8 cm³/mol. The second kappa shape index (κ2) is 8.28. The maximum absolute atomic E-state index is 5.73. The van der Waals surface area contributed by atoms with Crippen molar-refractivity contribution in [1.82, 2.24) is 5.32 Å². The molecule has 1 saturated heterocycles. The molecule has 1 heterocycles. The Balaban J connectivity index is 1.46. The van der Waals surface area contributed by atoms with Gasteiger partial charge < -0.3 is 10.1 Å². The molecule has 1 N–H and O–H groups in total. The molecule has 0 radical (unpaired) electrons. The first-order valence-corrected chi connectivity index (χ1v) is 7.27. The highest BCUT2D eigenvalue weighted by Crippen LogP contribution is 2.13. The van der Waals surface area contributed by atoms with Gasteiger partial charge in [-0.2, -0.15) is 0 Å². The van der Waals surface area contributed by atoms with Crippen molar-refractivity contribution in [3.8, 4) is 0 Å². The fourth-order valence-electron chi connectivity index (χ4n) is 2.55. The predicted octanol–water partition coefficient (Wildman–Crippen LogP) is 3.03. The molecule has 18 heavy (non-hydrogen) atoms. The summed E-state index contributed by atoms with van der Waals surface area (Å²) >= 11 is 0. The molecule has 1 fully saturated rings. The van der Waals surface area contributed by atoms with E-state index in [2.05, 4.69) is 35.6 Å². The molecular formula is C16H25NO. The minimum absolute atomic E-state index is 0.841. The largest absolute Gasteiger partial charge is 0.381 e. The van der Waals surface area contributed by atoms with Crippen LogP contribution in [0.15, 0.2) is 30.3 Å². The van der Waals surface area contributed by atoms with Gasteiger partial charge in [0.25, 0.3) is 0 Å². The first-order chi connectivity index (χ1) is 8.95. The lowest BCUT2D eigenvalue weighted by Gasteiger charge is -2.22. The third-order valence-electron chi connectivity index (χ3n) is 3.67. The van der Waals surface area contributed by atoms with Crippen molar-refractivity contribution < 1.29 is 4.74 Å². The van der Waals surface area contributed by atoms with E-state index in [4.69, 9.17) is 4.74 Å². The van der Waals surface area contributed by atoms with Crippen molar-refractivity contribution in [2.45, 2.75) is 32.1 Å². The lowest BCUT2D eigenvalue weighted by molar-refractivity contribution is 0.114. The van der Waals surface area contributed by atoms with E-state index in [0.29, 0.717) is 0 Å². The number of nitrogens with one attached hydrogen (secondary N) is 1. The molecule has 0 bridgehead atoms. The SMILES string of the molecule is c1ccc(CCCOCC[C@H]2CCCNC2)cc1. The van der Waals surface area contributed by atoms with Crippen molar-refractivity contribution in [2.24, 2.45) is 5.92 Å². The summed E-state index contributed by atoms with van der Waals surface area (Å²) in [6.07, 6.45) is 6.19. The molecule has 1 aliphatic heterocycles. The lowest BCUT2D eigenvalue weighted by atomic mass is 9.97. The number of aryl methyl sites for hydroxylation is 1. The van der Waals surface area contributed by atoms with Crippen LogP contribution < -0.4 is 5.32 Å². The standard InChI is InChI=1S/C16H25NO/c1-2-6-15(7-3-1)9-5-12-18-13-10-16-8-4-11-17-14-16/h1-3,6-7,16-17H,4-5,8-14H2/t16-/m1/s1. The van der Waals surface area contributed by atoms with Crippen LogP contribution in [-0.2, 0) is 11.2 Å². The number of ether oxygens (including phenoxy) is 1. The lowest BCUT2D eigenvalue weighted by Crippen LogP contribution is -2.30. The van der Waals surface area contributed by atoms with Gasteiger partial charge >= 0.3 is 0 Å². The number of benzene rings is 1. The minimum Gasteiger partial charge on any atom is -0.381 e. The number of hydrogen-bond donors (Lipinski definition) is 1. The second-order valence-electron chi connectivity index (χ2n) is 5.20. The molecule has 2 heteroatoms. The Morgan fingerprint density at radius 2 is 2.06 bits per heavy atom. The van der Waals surface area contributed by atoms with Gasteiger partial charge in [-0.05, 0) is 56.7 Å². The summed E-state index contributed by atoms with van der Waals surface area (Å²) in [6, 6.07) is 10.7. The average Bonchev–Trinajstić information content (AvgIpc) is 2.45. The van der Waals surface area contributed by atoms with E-state index >= 15 is 0 Å². The van der Waals surface area contributed by atoms with E-state index in [1.807, 2.05) is 0 Å². The van der Waals surface area contributed by atoms with Crippen LogP contribution in [0.2, 0.25) is 0 Å². The zero-order valence-corrected chi connectivity index (χ0v) is 11.2. The fourth-order valence-corrected chi connectivity index (χ4v) is 2.55. The van der Waals surface area contributed by atoms with Gasteiger partial charge in [0.1, 0.15) is 0 Å². The summed E-state index contributed by atoms with van der Waals surface area (Å²) in [5.74, 6) is 0.841. The first kappa shape index (κ1) is 13.6. The van der Waals surface area contributed by atoms with Crippen LogP contribution in [0, 0.1) is 5.92 Å². The van der Waals surface area contributed by atoms with Gasteiger partial charge in [0, 0.05) is 13.2 Å². The van der Waals surface area contributed by atoms with E-state index in [9.17, 15) is 0 Å². The smallest absolute Gasteiger partial charge is 0.0469 e. The van der Waals surface area contributed by atoms with Gasteiger partial charge in [-0.15, -0.1) is 0 Å². The van der Waals surface area contributed by atoms with Crippen molar-refractivity contribution in [3.05, 3.63) is 35.9 Å². The Labute approximate surface area is 111 Å². The molecule has 1 atom stereocenters. The number of piperidine rings is 1. The highest BCUT2D eigenvalue weighted by Gasteiger charge is 2.11. The summed E-state index contributed by atoms with van der Waals surface area (Å²) in [6.45, 7) is 4.22. The van der Waals surface area contributed by atoms with Gasteiger partial charge in [0.15, 0.2) is 0 Å². The Bertz CT molecular complexity index is 306. The summed E-state index contributed by atoms with van der Waals surface area (Å²) in [4.78, 5) is 0. The minimum atomic E-state index is 0.841. The maximum atomic E-state index is 5.73. The zero-order chi connectivity index (χ0) is 12.5. The summed E-state index contributed by atoms with van der Waals surface area (Å²) in [5, 5.41) is 3.45. The van der Waals surface area contributed by atoms with E-state index in [-0.39, 0.29) is 0 Å². The van der Waals surface area contributed by atoms with Gasteiger partial charge in [-0.3, -0.25) is 0 Å². The van der Waals surface area contributed by atoms with Crippen LogP contribution in [0.5, 0.6) is 0 Å². The van der Waals surface area contributed by atoms with Crippen LogP contribution in [0.4, 0.5) is 0 Å². The van der Waals surface area contributed by atoms with Gasteiger partial charge in [0.05, 0.1) is 0 Å². The van der Waals surface area contributed by atoms with E-state index in [0.717, 1.165) is 32.0 Å². The second-order valence-corrected chi connectivity index (χ2v) is 5.20. The summed E-state index contributed by atoms with van der Waals surface area (Å²) < 4.78 is 5.73. The van der Waals surface area contributed by atoms with E-state index in [1.165, 1.54) is 37.9 Å². The number of hydrogen-bond acceptors (Lipinski definition) is 2. The van der Waals surface area contributed by atoms with Crippen LogP contribution in [0.1, 0.15) is 31.2 Å². The summed E-state index contributed by atoms with van der Waals surface area (Å²) in [5.41, 5.74) is 1.41. The molecular weight excluding hydrogens is 222 g/mol.